The number of nitrogens with one attached hydrogen (secondary N) is 1. The first-order valence-corrected chi connectivity index (χ1v) is 11.2. The van der Waals surface area contributed by atoms with E-state index in [1.165, 1.54) is 12.1 Å². The molecule has 1 amide bonds. The van der Waals surface area contributed by atoms with E-state index in [1.54, 1.807) is 31.2 Å². The number of ether oxygens (including phenoxy) is 1. The molecule has 0 aliphatic carbocycles. The van der Waals surface area contributed by atoms with Crippen LogP contribution in [-0.2, 0) is 9.84 Å². The predicted octanol–water partition coefficient (Wildman–Crippen LogP) is 3.93. The number of carbonyl (C=O) groups is 1. The van der Waals surface area contributed by atoms with E-state index in [0.717, 1.165) is 5.39 Å². The second-order valence-electron chi connectivity index (χ2n) is 6.51. The summed E-state index contributed by atoms with van der Waals surface area (Å²) >= 11 is 0. The van der Waals surface area contributed by atoms with E-state index in [-0.39, 0.29) is 28.3 Å². The molecule has 160 valence electrons. The molecule has 10 heteroatoms. The molecule has 9 nitrogen and oxygen atoms in total. The van der Waals surface area contributed by atoms with Gasteiger partial charge in [0.15, 0.2) is 26.9 Å². The molecule has 2 aromatic carbocycles. The summed E-state index contributed by atoms with van der Waals surface area (Å²) in [4.78, 5) is 12.8. The number of aromatic nitrogens is 2. The highest BCUT2D eigenvalue weighted by Gasteiger charge is 2.18. The van der Waals surface area contributed by atoms with E-state index >= 15 is 0 Å². The molecule has 1 N–H and O–H groups in total. The topological polar surface area (TPSA) is 125 Å². The molecule has 2 heterocycles. The number of hydrogen-bond acceptors (Lipinski definition) is 8. The van der Waals surface area contributed by atoms with Crippen LogP contribution >= 0.6 is 0 Å². The van der Waals surface area contributed by atoms with Gasteiger partial charge in [0.1, 0.15) is 0 Å². The normalized spacial score (nSPS) is 11.5. The van der Waals surface area contributed by atoms with Gasteiger partial charge in [-0.3, -0.25) is 10.1 Å². The summed E-state index contributed by atoms with van der Waals surface area (Å²) in [5.74, 6) is 0.206. The van der Waals surface area contributed by atoms with Crippen molar-refractivity contribution in [1.82, 2.24) is 10.2 Å². The fourth-order valence-corrected chi connectivity index (χ4v) is 3.82. The minimum Gasteiger partial charge on any atom is -0.490 e. The Bertz CT molecular complexity index is 1340. The minimum absolute atomic E-state index is 0.0109. The van der Waals surface area contributed by atoms with Crippen LogP contribution in [-0.4, -0.2) is 36.9 Å². The number of rotatable bonds is 7. The maximum Gasteiger partial charge on any atom is 0.322 e. The van der Waals surface area contributed by atoms with Crippen molar-refractivity contribution in [3.8, 4) is 17.2 Å². The van der Waals surface area contributed by atoms with E-state index in [2.05, 4.69) is 15.5 Å². The van der Waals surface area contributed by atoms with Gasteiger partial charge in [-0.1, -0.05) is 24.2 Å². The zero-order valence-corrected chi connectivity index (χ0v) is 17.6. The summed E-state index contributed by atoms with van der Waals surface area (Å²) in [7, 11) is -3.30. The Balaban J connectivity index is 1.52. The van der Waals surface area contributed by atoms with Gasteiger partial charge < -0.3 is 13.6 Å². The van der Waals surface area contributed by atoms with Crippen molar-refractivity contribution in [3.05, 3.63) is 54.3 Å². The van der Waals surface area contributed by atoms with Gasteiger partial charge in [0, 0.05) is 10.9 Å². The van der Waals surface area contributed by atoms with Gasteiger partial charge in [0.25, 0.3) is 5.91 Å². The third-order valence-corrected chi connectivity index (χ3v) is 6.27. The second kappa shape index (κ2) is 8.23. The number of furan rings is 1. The standard InChI is InChI=1S/C21H19N3O6S/c1-3-28-16-7-5-6-14-12-17(29-18(14)16)19(25)22-21-24-23-20(30-21)13-8-10-15(11-9-13)31(26,27)4-2/h5-12H,3-4H2,1-2H3,(H,22,24,25). The first-order chi connectivity index (χ1) is 14.9. The quantitative estimate of drug-likeness (QED) is 0.457. The summed E-state index contributed by atoms with van der Waals surface area (Å²) in [5.41, 5.74) is 0.996. The van der Waals surface area contributed by atoms with Crippen LogP contribution < -0.4 is 10.1 Å². The van der Waals surface area contributed by atoms with Crippen LogP contribution in [0.15, 0.2) is 62.3 Å². The fraction of sp³-hybridized carbons (Fsp3) is 0.190. The number of para-hydroxylation sites is 1. The summed E-state index contributed by atoms with van der Waals surface area (Å²) in [6.07, 6.45) is 0. The van der Waals surface area contributed by atoms with Gasteiger partial charge >= 0.3 is 6.01 Å². The molecule has 4 rings (SSSR count). The second-order valence-corrected chi connectivity index (χ2v) is 8.79. The van der Waals surface area contributed by atoms with Crippen molar-refractivity contribution in [2.45, 2.75) is 18.7 Å². The molecule has 0 fully saturated rings. The van der Waals surface area contributed by atoms with E-state index in [0.29, 0.717) is 23.5 Å². The van der Waals surface area contributed by atoms with Crippen LogP contribution in [0.2, 0.25) is 0 Å². The minimum atomic E-state index is -3.30. The molecule has 0 aliphatic heterocycles. The molecule has 0 aliphatic rings. The first-order valence-electron chi connectivity index (χ1n) is 9.54. The molecule has 0 spiro atoms. The van der Waals surface area contributed by atoms with Crippen molar-refractivity contribution in [1.29, 1.82) is 0 Å². The summed E-state index contributed by atoms with van der Waals surface area (Å²) < 4.78 is 40.5. The van der Waals surface area contributed by atoms with Crippen molar-refractivity contribution in [2.24, 2.45) is 0 Å². The average Bonchev–Trinajstić information content (AvgIpc) is 3.42. The summed E-state index contributed by atoms with van der Waals surface area (Å²) in [5, 5.41) is 10.9. The van der Waals surface area contributed by atoms with Gasteiger partial charge in [-0.25, -0.2) is 8.42 Å². The Hall–Kier alpha value is -3.66. The molecular weight excluding hydrogens is 422 g/mol. The van der Waals surface area contributed by atoms with Crippen molar-refractivity contribution in [3.63, 3.8) is 0 Å². The maximum atomic E-state index is 12.5. The lowest BCUT2D eigenvalue weighted by molar-refractivity contribution is 0.0995. The Morgan fingerprint density at radius 2 is 1.84 bits per heavy atom. The lowest BCUT2D eigenvalue weighted by atomic mass is 10.2. The van der Waals surface area contributed by atoms with Gasteiger partial charge in [-0.05, 0) is 43.3 Å². The zero-order chi connectivity index (χ0) is 22.0. The van der Waals surface area contributed by atoms with Gasteiger partial charge in [0.2, 0.25) is 5.89 Å². The molecule has 0 atom stereocenters. The monoisotopic (exact) mass is 441 g/mol. The van der Waals surface area contributed by atoms with Crippen LogP contribution in [0.5, 0.6) is 5.75 Å². The van der Waals surface area contributed by atoms with Crippen LogP contribution in [0.1, 0.15) is 24.4 Å². The average molecular weight is 441 g/mol. The lowest BCUT2D eigenvalue weighted by Gasteiger charge is -2.02. The SMILES string of the molecule is CCOc1cccc2cc(C(=O)Nc3nnc(-c4ccc(S(=O)(=O)CC)cc4)o3)oc12. The number of benzene rings is 2. The van der Waals surface area contributed by atoms with E-state index < -0.39 is 15.7 Å². The number of sulfone groups is 1. The number of fused-ring (bicyclic) bond motifs is 1. The third kappa shape index (κ3) is 4.15. The van der Waals surface area contributed by atoms with Crippen LogP contribution in [0, 0.1) is 0 Å². The lowest BCUT2D eigenvalue weighted by Crippen LogP contribution is -2.11. The van der Waals surface area contributed by atoms with Crippen LogP contribution in [0.25, 0.3) is 22.4 Å². The van der Waals surface area contributed by atoms with Gasteiger partial charge in [-0.2, -0.15) is 0 Å². The summed E-state index contributed by atoms with van der Waals surface area (Å²) in [6, 6.07) is 12.9. The fourth-order valence-electron chi connectivity index (χ4n) is 2.94. The van der Waals surface area contributed by atoms with Crippen molar-refractivity contribution in [2.75, 3.05) is 17.7 Å². The Morgan fingerprint density at radius 1 is 1.06 bits per heavy atom. The highest BCUT2D eigenvalue weighted by Crippen LogP contribution is 2.29. The number of carbonyl (C=O) groups excluding carboxylic acids is 1. The molecule has 2 aromatic heterocycles. The molecule has 0 radical (unpaired) electrons. The molecule has 0 saturated carbocycles. The highest BCUT2D eigenvalue weighted by atomic mass is 32.2. The van der Waals surface area contributed by atoms with Crippen molar-refractivity contribution >= 4 is 32.7 Å². The first kappa shape index (κ1) is 20.6. The van der Waals surface area contributed by atoms with E-state index in [9.17, 15) is 13.2 Å². The smallest absolute Gasteiger partial charge is 0.322 e. The number of anilines is 1. The Morgan fingerprint density at radius 3 is 2.55 bits per heavy atom. The molecule has 0 saturated heterocycles. The largest absolute Gasteiger partial charge is 0.490 e. The molecular formula is C21H19N3O6S. The molecule has 31 heavy (non-hydrogen) atoms. The Labute approximate surface area is 177 Å². The predicted molar refractivity (Wildman–Crippen MR) is 113 cm³/mol. The molecule has 0 bridgehead atoms. The zero-order valence-electron chi connectivity index (χ0n) is 16.8. The van der Waals surface area contributed by atoms with Gasteiger partial charge in [0.05, 0.1) is 17.3 Å². The molecule has 4 aromatic rings. The molecule has 0 unspecified atom stereocenters. The summed E-state index contributed by atoms with van der Waals surface area (Å²) in [6.45, 7) is 3.91. The third-order valence-electron chi connectivity index (χ3n) is 4.52. The van der Waals surface area contributed by atoms with Gasteiger partial charge in [-0.15, -0.1) is 5.10 Å². The van der Waals surface area contributed by atoms with E-state index in [4.69, 9.17) is 13.6 Å². The van der Waals surface area contributed by atoms with Crippen LogP contribution in [0.3, 0.4) is 0 Å². The number of nitrogens with zero attached hydrogens (tertiary/aromatic N) is 2. The van der Waals surface area contributed by atoms with Crippen molar-refractivity contribution < 1.29 is 26.8 Å². The maximum absolute atomic E-state index is 12.5. The van der Waals surface area contributed by atoms with E-state index in [1.807, 2.05) is 19.1 Å². The number of amides is 1. The van der Waals surface area contributed by atoms with Crippen LogP contribution in [0.4, 0.5) is 6.01 Å². The number of hydrogen-bond donors (Lipinski definition) is 1. The Kier molecular flexibility index (Phi) is 5.47. The highest BCUT2D eigenvalue weighted by molar-refractivity contribution is 7.91.